The first kappa shape index (κ1) is 8.93. The number of hydrogen-bond acceptors (Lipinski definition) is 3. The highest BCUT2D eigenvalue weighted by Crippen LogP contribution is 2.02. The van der Waals surface area contributed by atoms with E-state index in [1.54, 1.807) is 0 Å². The number of ketones is 1. The third-order valence-electron chi connectivity index (χ3n) is 1.62. The Morgan fingerprint density at radius 3 is 2.92 bits per heavy atom. The van der Waals surface area contributed by atoms with Gasteiger partial charge in [0.05, 0.1) is 13.1 Å². The molecule has 0 spiro atoms. The second-order valence-corrected chi connectivity index (χ2v) is 2.58. The molecule has 0 aromatic heterocycles. The van der Waals surface area contributed by atoms with Crippen molar-refractivity contribution in [2.45, 2.75) is 13.3 Å². The van der Waals surface area contributed by atoms with Gasteiger partial charge in [0.2, 0.25) is 5.91 Å². The van der Waals surface area contributed by atoms with E-state index < -0.39 is 0 Å². The van der Waals surface area contributed by atoms with Crippen LogP contribution in [0.4, 0.5) is 0 Å². The van der Waals surface area contributed by atoms with Gasteiger partial charge >= 0.3 is 0 Å². The summed E-state index contributed by atoms with van der Waals surface area (Å²) in [6.45, 7) is 3.26. The molecule has 0 aliphatic carbocycles. The third kappa shape index (κ3) is 2.17. The summed E-state index contributed by atoms with van der Waals surface area (Å²) in [5.74, 6) is -0.254. The van der Waals surface area contributed by atoms with Crippen LogP contribution in [0.2, 0.25) is 0 Å². The van der Waals surface area contributed by atoms with Gasteiger partial charge in [-0.15, -0.1) is 0 Å². The van der Waals surface area contributed by atoms with Crippen LogP contribution in [0.15, 0.2) is 12.3 Å². The Bertz CT molecular complexity index is 223. The molecular weight excluding hydrogens is 156 g/mol. The van der Waals surface area contributed by atoms with Gasteiger partial charge in [0.15, 0.2) is 5.78 Å². The molecule has 1 rings (SSSR count). The maximum Gasteiger partial charge on any atom is 0.235 e. The van der Waals surface area contributed by atoms with Gasteiger partial charge in [0.25, 0.3) is 0 Å². The quantitative estimate of drug-likeness (QED) is 0.597. The van der Waals surface area contributed by atoms with E-state index in [1.807, 2.05) is 6.92 Å². The average Bonchev–Trinajstić information content (AvgIpc) is 2.03. The van der Waals surface area contributed by atoms with Crippen LogP contribution in [0.1, 0.15) is 13.3 Å². The van der Waals surface area contributed by atoms with Crippen LogP contribution in [0, 0.1) is 0 Å². The normalized spacial score (nSPS) is 17.2. The van der Waals surface area contributed by atoms with Crippen molar-refractivity contribution in [3.05, 3.63) is 12.3 Å². The van der Waals surface area contributed by atoms with E-state index in [0.717, 1.165) is 6.54 Å². The molecule has 1 heterocycles. The van der Waals surface area contributed by atoms with Crippen LogP contribution >= 0.6 is 0 Å². The highest BCUT2D eigenvalue weighted by Gasteiger charge is 2.17. The molecule has 1 aliphatic heterocycles. The van der Waals surface area contributed by atoms with E-state index in [0.29, 0.717) is 6.67 Å². The first-order chi connectivity index (χ1) is 5.74. The van der Waals surface area contributed by atoms with Crippen molar-refractivity contribution in [3.8, 4) is 0 Å². The molecule has 4 heteroatoms. The fraction of sp³-hybridized carbons (Fsp3) is 0.500. The van der Waals surface area contributed by atoms with E-state index in [9.17, 15) is 9.59 Å². The fourth-order valence-electron chi connectivity index (χ4n) is 0.939. The number of nitrogens with one attached hydrogen (secondary N) is 1. The van der Waals surface area contributed by atoms with Crippen LogP contribution < -0.4 is 5.32 Å². The van der Waals surface area contributed by atoms with E-state index in [2.05, 4.69) is 5.32 Å². The van der Waals surface area contributed by atoms with Crippen LogP contribution in [0.25, 0.3) is 0 Å². The number of rotatable bonds is 3. The Labute approximate surface area is 71.2 Å². The summed E-state index contributed by atoms with van der Waals surface area (Å²) in [6, 6.07) is 0. The maximum absolute atomic E-state index is 11.1. The summed E-state index contributed by atoms with van der Waals surface area (Å²) in [5.41, 5.74) is 0. The zero-order valence-electron chi connectivity index (χ0n) is 7.04. The van der Waals surface area contributed by atoms with Crippen LogP contribution in [-0.4, -0.2) is 29.8 Å². The van der Waals surface area contributed by atoms with Crippen LogP contribution in [0.5, 0.6) is 0 Å². The number of carbonyl (C=O) groups excluding carboxylic acids is 2. The molecule has 0 saturated carbocycles. The molecule has 12 heavy (non-hydrogen) atoms. The summed E-state index contributed by atoms with van der Waals surface area (Å²) in [6.07, 6.45) is 2.96. The standard InChI is InChI=1S/C8H12N2O2/c1-2-9-6-10-4-3-7(11)5-8(10)12/h3-4,9H,2,5-6H2,1H3. The van der Waals surface area contributed by atoms with Crippen molar-refractivity contribution in [3.63, 3.8) is 0 Å². The first-order valence-electron chi connectivity index (χ1n) is 3.95. The molecule has 4 nitrogen and oxygen atoms in total. The average molecular weight is 168 g/mol. The predicted molar refractivity (Wildman–Crippen MR) is 44.2 cm³/mol. The van der Waals surface area contributed by atoms with Gasteiger partial charge in [0, 0.05) is 6.20 Å². The molecule has 0 atom stereocenters. The smallest absolute Gasteiger partial charge is 0.235 e. The minimum Gasteiger partial charge on any atom is -0.305 e. The Hall–Kier alpha value is -1.16. The minimum absolute atomic E-state index is 0.00188. The number of carbonyl (C=O) groups is 2. The lowest BCUT2D eigenvalue weighted by molar-refractivity contribution is -0.133. The summed E-state index contributed by atoms with van der Waals surface area (Å²) in [5, 5.41) is 3.01. The second kappa shape index (κ2) is 4.01. The van der Waals surface area contributed by atoms with E-state index in [1.165, 1.54) is 17.2 Å². The lowest BCUT2D eigenvalue weighted by Crippen LogP contribution is -2.37. The monoisotopic (exact) mass is 168 g/mol. The third-order valence-corrected chi connectivity index (χ3v) is 1.62. The van der Waals surface area contributed by atoms with Crippen molar-refractivity contribution in [2.75, 3.05) is 13.2 Å². The Morgan fingerprint density at radius 1 is 1.58 bits per heavy atom. The minimum atomic E-state index is -0.136. The molecule has 0 aromatic carbocycles. The summed E-state index contributed by atoms with van der Waals surface area (Å²) in [4.78, 5) is 23.4. The molecule has 66 valence electrons. The van der Waals surface area contributed by atoms with E-state index in [4.69, 9.17) is 0 Å². The van der Waals surface area contributed by atoms with Crippen molar-refractivity contribution in [1.29, 1.82) is 0 Å². The molecule has 0 fully saturated rings. The SMILES string of the molecule is CCNCN1C=CC(=O)CC1=O. The summed E-state index contributed by atoms with van der Waals surface area (Å²) >= 11 is 0. The van der Waals surface area contributed by atoms with Crippen molar-refractivity contribution in [1.82, 2.24) is 10.2 Å². The molecule has 0 unspecified atom stereocenters. The predicted octanol–water partition coefficient (Wildman–Crippen LogP) is -0.131. The number of allylic oxidation sites excluding steroid dienone is 1. The highest BCUT2D eigenvalue weighted by molar-refractivity contribution is 6.06. The molecule has 0 aromatic rings. The van der Waals surface area contributed by atoms with E-state index >= 15 is 0 Å². The molecule has 0 radical (unpaired) electrons. The second-order valence-electron chi connectivity index (χ2n) is 2.58. The summed E-state index contributed by atoms with van der Waals surface area (Å²) in [7, 11) is 0. The molecule has 1 amide bonds. The highest BCUT2D eigenvalue weighted by atomic mass is 16.2. The largest absolute Gasteiger partial charge is 0.305 e. The number of nitrogens with zero attached hydrogens (tertiary/aromatic N) is 1. The fourth-order valence-corrected chi connectivity index (χ4v) is 0.939. The molecule has 0 saturated heterocycles. The number of hydrogen-bond donors (Lipinski definition) is 1. The van der Waals surface area contributed by atoms with Crippen molar-refractivity contribution in [2.24, 2.45) is 0 Å². The Balaban J connectivity index is 2.48. The van der Waals surface area contributed by atoms with E-state index in [-0.39, 0.29) is 18.1 Å². The van der Waals surface area contributed by atoms with Crippen LogP contribution in [-0.2, 0) is 9.59 Å². The lowest BCUT2D eigenvalue weighted by atomic mass is 10.2. The van der Waals surface area contributed by atoms with Gasteiger partial charge in [-0.25, -0.2) is 0 Å². The molecule has 0 bridgehead atoms. The van der Waals surface area contributed by atoms with Crippen molar-refractivity contribution < 1.29 is 9.59 Å². The molecular formula is C8H12N2O2. The first-order valence-corrected chi connectivity index (χ1v) is 3.95. The van der Waals surface area contributed by atoms with Gasteiger partial charge in [-0.1, -0.05) is 6.92 Å². The Morgan fingerprint density at radius 2 is 2.33 bits per heavy atom. The van der Waals surface area contributed by atoms with Crippen molar-refractivity contribution >= 4 is 11.7 Å². The van der Waals surface area contributed by atoms with Gasteiger partial charge in [-0.2, -0.15) is 0 Å². The zero-order valence-corrected chi connectivity index (χ0v) is 7.04. The van der Waals surface area contributed by atoms with Crippen LogP contribution in [0.3, 0.4) is 0 Å². The maximum atomic E-state index is 11.1. The van der Waals surface area contributed by atoms with Gasteiger partial charge in [0.1, 0.15) is 0 Å². The van der Waals surface area contributed by atoms with Gasteiger partial charge < -0.3 is 4.90 Å². The lowest BCUT2D eigenvalue weighted by Gasteiger charge is -2.20. The topological polar surface area (TPSA) is 49.4 Å². The molecule has 1 N–H and O–H groups in total. The van der Waals surface area contributed by atoms with Gasteiger partial charge in [-0.05, 0) is 12.6 Å². The number of amides is 1. The molecule has 1 aliphatic rings. The summed E-state index contributed by atoms with van der Waals surface area (Å²) < 4.78 is 0. The van der Waals surface area contributed by atoms with Gasteiger partial charge in [-0.3, -0.25) is 14.9 Å². The zero-order chi connectivity index (χ0) is 8.97. The Kier molecular flexibility index (Phi) is 2.99.